The lowest BCUT2D eigenvalue weighted by Crippen LogP contribution is -2.19. The van der Waals surface area contributed by atoms with E-state index < -0.39 is 33.6 Å². The molecule has 0 aromatic heterocycles. The van der Waals surface area contributed by atoms with Crippen molar-refractivity contribution in [2.24, 2.45) is 0 Å². The molecule has 22 aromatic rings. The van der Waals surface area contributed by atoms with E-state index in [2.05, 4.69) is 315 Å². The van der Waals surface area contributed by atoms with Crippen molar-refractivity contribution < 1.29 is 30.6 Å². The summed E-state index contributed by atoms with van der Waals surface area (Å²) in [5, 5.41) is 74.0. The van der Waals surface area contributed by atoms with Gasteiger partial charge in [-0.15, -0.1) is 0 Å². The highest BCUT2D eigenvalue weighted by molar-refractivity contribution is 5.98. The highest BCUT2D eigenvalue weighted by Crippen LogP contribution is 2.55. The van der Waals surface area contributed by atoms with Crippen LogP contribution in [0.2, 0.25) is 0 Å². The van der Waals surface area contributed by atoms with Crippen LogP contribution in [0.25, 0.3) is 121 Å². The number of hydrogen-bond acceptors (Lipinski definition) is 6. The van der Waals surface area contributed by atoms with E-state index in [1.54, 1.807) is 0 Å². The molecule has 4 unspecified atom stereocenters. The zero-order chi connectivity index (χ0) is 99.2. The third-order valence-electron chi connectivity index (χ3n) is 29.1. The van der Waals surface area contributed by atoms with Gasteiger partial charge in [0.1, 0.15) is 33.6 Å². The molecule has 0 radical (unpaired) electrons. The lowest BCUT2D eigenvalue weighted by Gasteiger charge is -2.20. The average Bonchev–Trinajstić information content (AvgIpc) is 1.69. The lowest BCUT2D eigenvalue weighted by molar-refractivity contribution is 0.107. The Morgan fingerprint density at radius 3 is 0.424 bits per heavy atom. The molecule has 6 aliphatic carbocycles. The molecule has 0 heterocycles. The first kappa shape index (κ1) is 95.2. The summed E-state index contributed by atoms with van der Waals surface area (Å²) in [4.78, 5) is 0. The fourth-order valence-electron chi connectivity index (χ4n) is 21.6. The Labute approximate surface area is 844 Å². The summed E-state index contributed by atoms with van der Waals surface area (Å²) in [5.74, 6) is 0. The Bertz CT molecular complexity index is 7410. The predicted molar refractivity (Wildman–Crippen MR) is 597 cm³/mol. The Balaban J connectivity index is 0.0000000993. The van der Waals surface area contributed by atoms with Gasteiger partial charge in [0.05, 0.1) is 0 Å². The monoisotopic (exact) mass is 1870 g/mol. The second kappa shape index (κ2) is 40.7. The van der Waals surface area contributed by atoms with Crippen LogP contribution in [0.1, 0.15) is 131 Å². The quantitative estimate of drug-likeness (QED) is 0.102. The molecule has 0 amide bonds. The zero-order valence-electron chi connectivity index (χ0n) is 81.7. The van der Waals surface area contributed by atoms with Gasteiger partial charge in [-0.05, 0) is 313 Å². The van der Waals surface area contributed by atoms with Crippen LogP contribution >= 0.6 is 0 Å². The maximum atomic E-state index is 10.9. The highest BCUT2D eigenvalue weighted by atomic mass is 16.3. The standard InChI is InChI=1S/4C18H14O.2C14H12O.2C13H12.C12H10/c4*1-18(19)16-9-5-4-8-14(16)15-10-12-6-2-3-7-13(12)11-17(15)18;2*1-14(15)12-8-4-2-6-10(12)11-7-3-5-9-13(11)14;2*1-3-7-12(8-4-1)11-13-9-5-2-6-10-13;1-3-7-11(8-4-1)12-9-5-2-6-10-12/h4*2-11,19H,1H3;2*2-9,15H,1H3;2*1-10H,11H2;1-10H. The van der Waals surface area contributed by atoms with Gasteiger partial charge in [-0.3, -0.25) is 0 Å². The molecule has 6 heteroatoms. The summed E-state index contributed by atoms with van der Waals surface area (Å²) in [6.07, 6.45) is 2.06. The number of aliphatic hydroxyl groups is 6. The second-order valence-electron chi connectivity index (χ2n) is 38.8. The smallest absolute Gasteiger partial charge is 0.113 e. The van der Waals surface area contributed by atoms with Gasteiger partial charge in [0.25, 0.3) is 0 Å². The van der Waals surface area contributed by atoms with E-state index in [9.17, 15) is 30.6 Å². The second-order valence-corrected chi connectivity index (χ2v) is 38.8. The van der Waals surface area contributed by atoms with E-state index in [0.29, 0.717) is 0 Å². The largest absolute Gasteiger partial charge is 0.381 e. The minimum absolute atomic E-state index is 0.840. The summed E-state index contributed by atoms with van der Waals surface area (Å²) in [7, 11) is 0. The van der Waals surface area contributed by atoms with Gasteiger partial charge in [-0.25, -0.2) is 0 Å². The minimum Gasteiger partial charge on any atom is -0.381 e. The minimum atomic E-state index is -0.893. The average molecular weight is 1870 g/mol. The summed E-state index contributed by atoms with van der Waals surface area (Å²) in [5.41, 5.74) is 28.6. The molecule has 0 fully saturated rings. The van der Waals surface area contributed by atoms with Crippen molar-refractivity contribution in [1.82, 2.24) is 0 Å². The SMILES string of the molecule is CC1(O)c2ccccc2-c2cc3ccccc3cc21.CC1(O)c2ccccc2-c2cc3ccccc3cc21.CC1(O)c2ccccc2-c2cc3ccccc3cc21.CC1(O)c2ccccc2-c2cc3ccccc3cc21.CC1(O)c2ccccc2-c2ccccc21.CC1(O)c2ccccc2-c2ccccc21.c1ccc(-c2ccccc2)cc1.c1ccc(Cc2ccccc2)cc1.c1ccc(Cc2ccccc2)cc1. The van der Waals surface area contributed by atoms with Crippen molar-refractivity contribution in [3.8, 4) is 77.9 Å². The number of rotatable bonds is 5. The van der Waals surface area contributed by atoms with Gasteiger partial charge in [0, 0.05) is 0 Å². The van der Waals surface area contributed by atoms with Gasteiger partial charge in [0.15, 0.2) is 0 Å². The van der Waals surface area contributed by atoms with E-state index >= 15 is 0 Å². The summed E-state index contributed by atoms with van der Waals surface area (Å²) in [6, 6.07) is 178. The van der Waals surface area contributed by atoms with Crippen LogP contribution in [0.3, 0.4) is 0 Å². The van der Waals surface area contributed by atoms with E-state index in [1.807, 2.05) is 248 Å². The normalized spacial score (nSPS) is 16.6. The Morgan fingerprint density at radius 1 is 0.125 bits per heavy atom. The van der Waals surface area contributed by atoms with E-state index in [4.69, 9.17) is 0 Å². The number of hydrogen-bond donors (Lipinski definition) is 6. The van der Waals surface area contributed by atoms with Crippen molar-refractivity contribution in [3.05, 3.63) is 611 Å². The predicted octanol–water partition coefficient (Wildman–Crippen LogP) is 32.1. The van der Waals surface area contributed by atoms with E-state index in [1.165, 1.54) is 76.5 Å². The van der Waals surface area contributed by atoms with Crippen LogP contribution in [0.5, 0.6) is 0 Å². The lowest BCUT2D eigenvalue weighted by atomic mass is 9.92. The van der Waals surface area contributed by atoms with Crippen LogP contribution in [0.15, 0.2) is 522 Å². The van der Waals surface area contributed by atoms with Gasteiger partial charge in [-0.1, -0.05) is 473 Å². The van der Waals surface area contributed by atoms with Crippen LogP contribution in [-0.4, -0.2) is 30.6 Å². The maximum Gasteiger partial charge on any atom is 0.113 e. The molecule has 22 aromatic carbocycles. The summed E-state index contributed by atoms with van der Waals surface area (Å²) >= 11 is 0. The van der Waals surface area contributed by atoms with Crippen molar-refractivity contribution >= 4 is 43.1 Å². The van der Waals surface area contributed by atoms with Crippen molar-refractivity contribution in [1.29, 1.82) is 0 Å². The molecule has 702 valence electrons. The van der Waals surface area contributed by atoms with Crippen molar-refractivity contribution in [2.45, 2.75) is 88.0 Å². The number of fused-ring (bicyclic) bond motifs is 22. The molecule has 0 bridgehead atoms. The van der Waals surface area contributed by atoms with Gasteiger partial charge in [0.2, 0.25) is 0 Å². The van der Waals surface area contributed by atoms with Crippen LogP contribution in [-0.2, 0) is 46.4 Å². The molecule has 6 aliphatic rings. The highest BCUT2D eigenvalue weighted by Gasteiger charge is 2.43. The summed E-state index contributed by atoms with van der Waals surface area (Å²) < 4.78 is 0. The topological polar surface area (TPSA) is 121 Å². The third-order valence-corrected chi connectivity index (χ3v) is 29.1. The van der Waals surface area contributed by atoms with Crippen molar-refractivity contribution in [2.75, 3.05) is 0 Å². The molecule has 0 aliphatic heterocycles. The molecule has 6 N–H and O–H groups in total. The summed E-state index contributed by atoms with van der Waals surface area (Å²) in [6.45, 7) is 11.2. The first-order chi connectivity index (χ1) is 70.0. The van der Waals surface area contributed by atoms with Gasteiger partial charge >= 0.3 is 0 Å². The van der Waals surface area contributed by atoms with Crippen LogP contribution < -0.4 is 0 Å². The first-order valence-corrected chi connectivity index (χ1v) is 49.5. The fraction of sp³-hybridized carbons (Fsp3) is 0.101. The molecule has 144 heavy (non-hydrogen) atoms. The van der Waals surface area contributed by atoms with Crippen LogP contribution in [0.4, 0.5) is 0 Å². The Morgan fingerprint density at radius 2 is 0.250 bits per heavy atom. The molecular formula is C138H114O6. The van der Waals surface area contributed by atoms with Gasteiger partial charge in [-0.2, -0.15) is 0 Å². The van der Waals surface area contributed by atoms with Gasteiger partial charge < -0.3 is 30.6 Å². The molecule has 0 saturated carbocycles. The number of benzene rings is 22. The molecular weight excluding hydrogens is 1750 g/mol. The zero-order valence-corrected chi connectivity index (χ0v) is 81.7. The van der Waals surface area contributed by atoms with Crippen LogP contribution in [0, 0.1) is 0 Å². The maximum absolute atomic E-state index is 10.9. The Kier molecular flexibility index (Phi) is 26.9. The third kappa shape index (κ3) is 19.1. The molecule has 6 nitrogen and oxygen atoms in total. The van der Waals surface area contributed by atoms with E-state index in [0.717, 1.165) is 146 Å². The Hall–Kier alpha value is -16.4. The molecule has 0 saturated heterocycles. The molecule has 28 rings (SSSR count). The molecule has 4 atom stereocenters. The van der Waals surface area contributed by atoms with Crippen molar-refractivity contribution in [3.63, 3.8) is 0 Å². The first-order valence-electron chi connectivity index (χ1n) is 49.5. The van der Waals surface area contributed by atoms with E-state index in [-0.39, 0.29) is 0 Å². The fourth-order valence-corrected chi connectivity index (χ4v) is 21.6. The molecule has 0 spiro atoms.